The molecule has 1 aromatic rings. The van der Waals surface area contributed by atoms with Crippen LogP contribution < -0.4 is 14.8 Å². The molecule has 4 heteroatoms. The number of hydrogen-bond donors (Lipinski definition) is 1. The van der Waals surface area contributed by atoms with Crippen molar-refractivity contribution in [3.63, 3.8) is 0 Å². The number of rotatable bonds is 8. The van der Waals surface area contributed by atoms with Crippen molar-refractivity contribution >= 4 is 0 Å². The van der Waals surface area contributed by atoms with E-state index in [1.807, 2.05) is 25.1 Å². The van der Waals surface area contributed by atoms with Crippen molar-refractivity contribution in [2.45, 2.75) is 33.4 Å². The molecule has 0 heterocycles. The van der Waals surface area contributed by atoms with Gasteiger partial charge < -0.3 is 19.5 Å². The van der Waals surface area contributed by atoms with Crippen LogP contribution in [0, 0.1) is 0 Å². The lowest BCUT2D eigenvalue weighted by molar-refractivity contribution is 0.0217. The fourth-order valence-corrected chi connectivity index (χ4v) is 1.46. The zero-order valence-corrected chi connectivity index (χ0v) is 11.7. The van der Waals surface area contributed by atoms with E-state index >= 15 is 0 Å². The van der Waals surface area contributed by atoms with Gasteiger partial charge in [0.1, 0.15) is 11.5 Å². The summed E-state index contributed by atoms with van der Waals surface area (Å²) in [6, 6.07) is 6.21. The third kappa shape index (κ3) is 4.94. The van der Waals surface area contributed by atoms with Crippen molar-refractivity contribution in [1.29, 1.82) is 0 Å². The van der Waals surface area contributed by atoms with Crippen molar-refractivity contribution in [3.8, 4) is 11.5 Å². The van der Waals surface area contributed by atoms with E-state index in [0.29, 0.717) is 12.6 Å². The van der Waals surface area contributed by atoms with Crippen LogP contribution in [-0.2, 0) is 11.3 Å². The van der Waals surface area contributed by atoms with E-state index in [2.05, 4.69) is 19.2 Å². The van der Waals surface area contributed by atoms with Gasteiger partial charge in [0.15, 0.2) is 6.79 Å². The fraction of sp³-hybridized carbons (Fsp3) is 0.571. The van der Waals surface area contributed by atoms with Gasteiger partial charge in [0.2, 0.25) is 0 Å². The summed E-state index contributed by atoms with van der Waals surface area (Å²) in [7, 11) is 1.66. The second-order valence-electron chi connectivity index (χ2n) is 4.26. The molecule has 1 N–H and O–H groups in total. The molecule has 1 rings (SSSR count). The molecule has 0 spiro atoms. The van der Waals surface area contributed by atoms with E-state index in [0.717, 1.165) is 23.6 Å². The van der Waals surface area contributed by atoms with E-state index in [1.165, 1.54) is 0 Å². The fourth-order valence-electron chi connectivity index (χ4n) is 1.46. The summed E-state index contributed by atoms with van der Waals surface area (Å²) >= 11 is 0. The van der Waals surface area contributed by atoms with E-state index in [4.69, 9.17) is 14.2 Å². The predicted octanol–water partition coefficient (Wildman–Crippen LogP) is 2.57. The van der Waals surface area contributed by atoms with Crippen molar-refractivity contribution in [3.05, 3.63) is 23.8 Å². The molecule has 0 aliphatic heterocycles. The average Bonchev–Trinajstić information content (AvgIpc) is 2.37. The van der Waals surface area contributed by atoms with Crippen LogP contribution in [-0.4, -0.2) is 26.6 Å². The van der Waals surface area contributed by atoms with Crippen molar-refractivity contribution in [2.24, 2.45) is 0 Å². The monoisotopic (exact) mass is 253 g/mol. The van der Waals surface area contributed by atoms with E-state index < -0.39 is 0 Å². The smallest absolute Gasteiger partial charge is 0.189 e. The summed E-state index contributed by atoms with van der Waals surface area (Å²) in [5.74, 6) is 1.66. The SMILES string of the molecule is CCOCOc1ccc(OC)cc1CNC(C)C. The topological polar surface area (TPSA) is 39.7 Å². The molecule has 18 heavy (non-hydrogen) atoms. The number of benzene rings is 1. The van der Waals surface area contributed by atoms with Gasteiger partial charge in [0.05, 0.1) is 7.11 Å². The van der Waals surface area contributed by atoms with Crippen LogP contribution in [0.25, 0.3) is 0 Å². The Balaban J connectivity index is 2.72. The van der Waals surface area contributed by atoms with Gasteiger partial charge in [-0.1, -0.05) is 13.8 Å². The largest absolute Gasteiger partial charge is 0.497 e. The van der Waals surface area contributed by atoms with E-state index in [1.54, 1.807) is 7.11 Å². The normalized spacial score (nSPS) is 10.7. The van der Waals surface area contributed by atoms with Gasteiger partial charge in [0.25, 0.3) is 0 Å². The zero-order valence-electron chi connectivity index (χ0n) is 11.7. The molecule has 0 amide bonds. The molecule has 0 aliphatic carbocycles. The molecule has 0 fully saturated rings. The first-order valence-electron chi connectivity index (χ1n) is 6.28. The highest BCUT2D eigenvalue weighted by atomic mass is 16.7. The molecule has 0 radical (unpaired) electrons. The molecule has 0 saturated carbocycles. The molecule has 1 aromatic carbocycles. The third-order valence-electron chi connectivity index (χ3n) is 2.47. The second-order valence-corrected chi connectivity index (χ2v) is 4.26. The Morgan fingerprint density at radius 1 is 1.28 bits per heavy atom. The molecule has 4 nitrogen and oxygen atoms in total. The van der Waals surface area contributed by atoms with Crippen LogP contribution in [0.1, 0.15) is 26.3 Å². The minimum absolute atomic E-state index is 0.275. The van der Waals surface area contributed by atoms with Crippen LogP contribution in [0.2, 0.25) is 0 Å². The lowest BCUT2D eigenvalue weighted by Crippen LogP contribution is -2.22. The van der Waals surface area contributed by atoms with Crippen LogP contribution >= 0.6 is 0 Å². The molecule has 0 unspecified atom stereocenters. The average molecular weight is 253 g/mol. The Morgan fingerprint density at radius 2 is 2.06 bits per heavy atom. The minimum atomic E-state index is 0.275. The molecule has 0 atom stereocenters. The number of methoxy groups -OCH3 is 1. The van der Waals surface area contributed by atoms with Crippen molar-refractivity contribution < 1.29 is 14.2 Å². The standard InChI is InChI=1S/C14H23NO3/c1-5-17-10-18-14-7-6-13(16-4)8-12(14)9-15-11(2)3/h6-8,11,15H,5,9-10H2,1-4H3. The highest BCUT2D eigenvalue weighted by Crippen LogP contribution is 2.24. The van der Waals surface area contributed by atoms with Crippen LogP contribution in [0.3, 0.4) is 0 Å². The number of ether oxygens (including phenoxy) is 3. The minimum Gasteiger partial charge on any atom is -0.497 e. The quantitative estimate of drug-likeness (QED) is 0.571. The van der Waals surface area contributed by atoms with E-state index in [-0.39, 0.29) is 6.79 Å². The molecule has 0 aromatic heterocycles. The molecule has 102 valence electrons. The van der Waals surface area contributed by atoms with Gasteiger partial charge in [-0.3, -0.25) is 0 Å². The lowest BCUT2D eigenvalue weighted by Gasteiger charge is -2.14. The van der Waals surface area contributed by atoms with Crippen LogP contribution in [0.5, 0.6) is 11.5 Å². The Bertz CT molecular complexity index is 353. The third-order valence-corrected chi connectivity index (χ3v) is 2.47. The highest BCUT2D eigenvalue weighted by molar-refractivity contribution is 5.40. The van der Waals surface area contributed by atoms with Crippen molar-refractivity contribution in [1.82, 2.24) is 5.32 Å². The Hall–Kier alpha value is -1.26. The van der Waals surface area contributed by atoms with Gasteiger partial charge in [0, 0.05) is 24.8 Å². The first-order chi connectivity index (χ1) is 8.67. The maximum absolute atomic E-state index is 5.59. The second kappa shape index (κ2) is 7.95. The first kappa shape index (κ1) is 14.8. The summed E-state index contributed by atoms with van der Waals surface area (Å²) < 4.78 is 16.0. The molecule has 0 bridgehead atoms. The van der Waals surface area contributed by atoms with Gasteiger partial charge in [-0.15, -0.1) is 0 Å². The van der Waals surface area contributed by atoms with E-state index in [9.17, 15) is 0 Å². The molecule has 0 aliphatic rings. The summed E-state index contributed by atoms with van der Waals surface area (Å²) in [4.78, 5) is 0. The van der Waals surface area contributed by atoms with Gasteiger partial charge in [-0.25, -0.2) is 0 Å². The molecular formula is C14H23NO3. The zero-order chi connectivity index (χ0) is 13.4. The van der Waals surface area contributed by atoms with Gasteiger partial charge in [-0.05, 0) is 25.1 Å². The van der Waals surface area contributed by atoms with Gasteiger partial charge >= 0.3 is 0 Å². The van der Waals surface area contributed by atoms with Gasteiger partial charge in [-0.2, -0.15) is 0 Å². The number of nitrogens with one attached hydrogen (secondary N) is 1. The molecule has 0 saturated heterocycles. The Morgan fingerprint density at radius 3 is 2.67 bits per heavy atom. The lowest BCUT2D eigenvalue weighted by atomic mass is 10.2. The molecular weight excluding hydrogens is 230 g/mol. The summed E-state index contributed by atoms with van der Waals surface area (Å²) in [6.45, 7) is 7.84. The highest BCUT2D eigenvalue weighted by Gasteiger charge is 2.06. The maximum atomic E-state index is 5.59. The first-order valence-corrected chi connectivity index (χ1v) is 6.28. The van der Waals surface area contributed by atoms with Crippen LogP contribution in [0.15, 0.2) is 18.2 Å². The summed E-state index contributed by atoms with van der Waals surface area (Å²) in [5.41, 5.74) is 1.07. The summed E-state index contributed by atoms with van der Waals surface area (Å²) in [6.07, 6.45) is 0. The number of hydrogen-bond acceptors (Lipinski definition) is 4. The van der Waals surface area contributed by atoms with Crippen LogP contribution in [0.4, 0.5) is 0 Å². The Labute approximate surface area is 109 Å². The summed E-state index contributed by atoms with van der Waals surface area (Å²) in [5, 5.41) is 3.37. The maximum Gasteiger partial charge on any atom is 0.189 e. The predicted molar refractivity (Wildman–Crippen MR) is 72.1 cm³/mol. The Kier molecular flexibility index (Phi) is 6.54. The van der Waals surface area contributed by atoms with Crippen molar-refractivity contribution in [2.75, 3.05) is 20.5 Å².